The van der Waals surface area contributed by atoms with E-state index in [9.17, 15) is 0 Å². The number of likely N-dealkylation sites (N-methyl/N-ethyl adjacent to an activating group) is 1. The summed E-state index contributed by atoms with van der Waals surface area (Å²) in [5.74, 6) is 0. The third-order valence-corrected chi connectivity index (χ3v) is 2.45. The van der Waals surface area contributed by atoms with Crippen LogP contribution in [0.25, 0.3) is 0 Å². The monoisotopic (exact) mass is 204 g/mol. The summed E-state index contributed by atoms with van der Waals surface area (Å²) in [7, 11) is 0. The van der Waals surface area contributed by atoms with Crippen molar-refractivity contribution in [2.24, 2.45) is 5.73 Å². The van der Waals surface area contributed by atoms with Crippen molar-refractivity contribution >= 4 is 5.69 Å². The van der Waals surface area contributed by atoms with Gasteiger partial charge in [0.25, 0.3) is 0 Å². The van der Waals surface area contributed by atoms with Crippen LogP contribution in [0.2, 0.25) is 0 Å². The Hall–Kier alpha value is -1.28. The molecule has 1 aromatic rings. The number of anilines is 1. The van der Waals surface area contributed by atoms with Gasteiger partial charge in [0, 0.05) is 25.3 Å². The van der Waals surface area contributed by atoms with Crippen molar-refractivity contribution in [1.29, 1.82) is 0 Å². The van der Waals surface area contributed by atoms with Gasteiger partial charge in [-0.25, -0.2) is 0 Å². The van der Waals surface area contributed by atoms with Gasteiger partial charge in [0.1, 0.15) is 0 Å². The first-order chi connectivity index (χ1) is 7.17. The standard InChI is InChI=1S/C13H20N2/c1-4-15(10-12(3)9-14)13-7-5-6-11(2)8-13/h5-8H,3-4,9-10,14H2,1-2H3. The van der Waals surface area contributed by atoms with Crippen LogP contribution in [0.1, 0.15) is 12.5 Å². The van der Waals surface area contributed by atoms with E-state index in [-0.39, 0.29) is 0 Å². The molecule has 0 fully saturated rings. The predicted octanol–water partition coefficient (Wildman–Crippen LogP) is 2.34. The summed E-state index contributed by atoms with van der Waals surface area (Å²) in [4.78, 5) is 2.28. The molecule has 0 radical (unpaired) electrons. The zero-order valence-corrected chi connectivity index (χ0v) is 9.66. The molecule has 0 amide bonds. The van der Waals surface area contributed by atoms with Gasteiger partial charge in [-0.2, -0.15) is 0 Å². The van der Waals surface area contributed by atoms with E-state index < -0.39 is 0 Å². The van der Waals surface area contributed by atoms with E-state index in [0.717, 1.165) is 18.7 Å². The van der Waals surface area contributed by atoms with Crippen LogP contribution in [-0.4, -0.2) is 19.6 Å². The van der Waals surface area contributed by atoms with E-state index in [1.165, 1.54) is 11.3 Å². The molecule has 0 atom stereocenters. The maximum Gasteiger partial charge on any atom is 0.0398 e. The SMILES string of the molecule is C=C(CN)CN(CC)c1cccc(C)c1. The summed E-state index contributed by atoms with van der Waals surface area (Å²) < 4.78 is 0. The summed E-state index contributed by atoms with van der Waals surface area (Å²) >= 11 is 0. The highest BCUT2D eigenvalue weighted by atomic mass is 15.1. The van der Waals surface area contributed by atoms with E-state index in [1.54, 1.807) is 0 Å². The molecule has 1 rings (SSSR count). The highest BCUT2D eigenvalue weighted by molar-refractivity contribution is 5.49. The number of rotatable bonds is 5. The number of hydrogen-bond acceptors (Lipinski definition) is 2. The molecule has 0 unspecified atom stereocenters. The molecule has 0 bridgehead atoms. The minimum atomic E-state index is 0.558. The fraction of sp³-hybridized carbons (Fsp3) is 0.385. The predicted molar refractivity (Wildman–Crippen MR) is 67.3 cm³/mol. The number of nitrogens with two attached hydrogens (primary N) is 1. The van der Waals surface area contributed by atoms with E-state index >= 15 is 0 Å². The average molecular weight is 204 g/mol. The lowest BCUT2D eigenvalue weighted by Crippen LogP contribution is -2.27. The molecule has 2 nitrogen and oxygen atoms in total. The molecule has 0 aliphatic carbocycles. The van der Waals surface area contributed by atoms with Crippen LogP contribution >= 0.6 is 0 Å². The maximum absolute atomic E-state index is 5.56. The van der Waals surface area contributed by atoms with Gasteiger partial charge >= 0.3 is 0 Å². The minimum absolute atomic E-state index is 0.558. The lowest BCUT2D eigenvalue weighted by molar-refractivity contribution is 0.863. The van der Waals surface area contributed by atoms with Gasteiger partial charge in [-0.05, 0) is 37.1 Å². The Morgan fingerprint density at radius 2 is 2.20 bits per heavy atom. The first-order valence-corrected chi connectivity index (χ1v) is 5.35. The summed E-state index contributed by atoms with van der Waals surface area (Å²) in [5, 5.41) is 0. The Balaban J connectivity index is 2.78. The molecule has 0 saturated heterocycles. The van der Waals surface area contributed by atoms with Crippen molar-refractivity contribution in [2.45, 2.75) is 13.8 Å². The van der Waals surface area contributed by atoms with Crippen LogP contribution in [0.4, 0.5) is 5.69 Å². The Bertz CT molecular complexity index is 331. The quantitative estimate of drug-likeness (QED) is 0.746. The van der Waals surface area contributed by atoms with E-state index in [2.05, 4.69) is 49.6 Å². The highest BCUT2D eigenvalue weighted by Crippen LogP contribution is 2.16. The molecule has 1 aromatic carbocycles. The van der Waals surface area contributed by atoms with Crippen molar-refractivity contribution in [2.75, 3.05) is 24.5 Å². The van der Waals surface area contributed by atoms with Crippen LogP contribution in [-0.2, 0) is 0 Å². The molecule has 0 saturated carbocycles. The Labute approximate surface area is 92.4 Å². The van der Waals surface area contributed by atoms with Crippen LogP contribution in [0, 0.1) is 6.92 Å². The van der Waals surface area contributed by atoms with Crippen molar-refractivity contribution in [3.8, 4) is 0 Å². The molecule has 0 aliphatic rings. The second-order valence-corrected chi connectivity index (χ2v) is 3.81. The molecule has 2 N–H and O–H groups in total. The number of aryl methyl sites for hydroxylation is 1. The number of benzene rings is 1. The molecular weight excluding hydrogens is 184 g/mol. The fourth-order valence-electron chi connectivity index (χ4n) is 1.54. The lowest BCUT2D eigenvalue weighted by Gasteiger charge is -2.24. The Kier molecular flexibility index (Phi) is 4.37. The second-order valence-electron chi connectivity index (χ2n) is 3.81. The van der Waals surface area contributed by atoms with E-state index in [0.29, 0.717) is 6.54 Å². The van der Waals surface area contributed by atoms with E-state index in [4.69, 9.17) is 5.73 Å². The minimum Gasteiger partial charge on any atom is -0.368 e. The fourth-order valence-corrected chi connectivity index (χ4v) is 1.54. The van der Waals surface area contributed by atoms with Crippen LogP contribution < -0.4 is 10.6 Å². The molecule has 15 heavy (non-hydrogen) atoms. The zero-order valence-electron chi connectivity index (χ0n) is 9.66. The van der Waals surface area contributed by atoms with Gasteiger partial charge in [0.2, 0.25) is 0 Å². The second kappa shape index (κ2) is 5.56. The summed E-state index contributed by atoms with van der Waals surface area (Å²) in [6, 6.07) is 8.50. The van der Waals surface area contributed by atoms with Gasteiger partial charge in [-0.1, -0.05) is 18.7 Å². The van der Waals surface area contributed by atoms with Gasteiger partial charge < -0.3 is 10.6 Å². The number of hydrogen-bond donors (Lipinski definition) is 1. The van der Waals surface area contributed by atoms with Crippen molar-refractivity contribution in [3.05, 3.63) is 42.0 Å². The molecule has 0 spiro atoms. The first kappa shape index (κ1) is 11.8. The van der Waals surface area contributed by atoms with Gasteiger partial charge in [-0.15, -0.1) is 0 Å². The molecule has 2 heteroatoms. The van der Waals surface area contributed by atoms with Crippen molar-refractivity contribution in [1.82, 2.24) is 0 Å². The third kappa shape index (κ3) is 3.40. The van der Waals surface area contributed by atoms with Crippen molar-refractivity contribution < 1.29 is 0 Å². The molecule has 82 valence electrons. The van der Waals surface area contributed by atoms with Crippen LogP contribution in [0.15, 0.2) is 36.4 Å². The Morgan fingerprint density at radius 1 is 1.47 bits per heavy atom. The molecule has 0 heterocycles. The zero-order chi connectivity index (χ0) is 11.3. The number of nitrogens with zero attached hydrogens (tertiary/aromatic N) is 1. The van der Waals surface area contributed by atoms with Gasteiger partial charge in [-0.3, -0.25) is 0 Å². The lowest BCUT2D eigenvalue weighted by atomic mass is 10.2. The summed E-state index contributed by atoms with van der Waals surface area (Å²) in [5.41, 5.74) is 9.15. The van der Waals surface area contributed by atoms with Gasteiger partial charge in [0.15, 0.2) is 0 Å². The molecule has 0 aliphatic heterocycles. The molecule has 0 aromatic heterocycles. The van der Waals surface area contributed by atoms with Crippen LogP contribution in [0.3, 0.4) is 0 Å². The van der Waals surface area contributed by atoms with Crippen LogP contribution in [0.5, 0.6) is 0 Å². The third-order valence-electron chi connectivity index (χ3n) is 2.45. The Morgan fingerprint density at radius 3 is 2.73 bits per heavy atom. The van der Waals surface area contributed by atoms with Gasteiger partial charge in [0.05, 0.1) is 0 Å². The smallest absolute Gasteiger partial charge is 0.0398 e. The average Bonchev–Trinajstić information content (AvgIpc) is 2.25. The largest absolute Gasteiger partial charge is 0.368 e. The maximum atomic E-state index is 5.56. The van der Waals surface area contributed by atoms with E-state index in [1.807, 2.05) is 0 Å². The summed E-state index contributed by atoms with van der Waals surface area (Å²) in [6.45, 7) is 10.6. The molecular formula is C13H20N2. The summed E-state index contributed by atoms with van der Waals surface area (Å²) in [6.07, 6.45) is 0. The van der Waals surface area contributed by atoms with Crippen molar-refractivity contribution in [3.63, 3.8) is 0 Å². The highest BCUT2D eigenvalue weighted by Gasteiger charge is 2.04. The topological polar surface area (TPSA) is 29.3 Å². The normalized spacial score (nSPS) is 10.1. The first-order valence-electron chi connectivity index (χ1n) is 5.35.